The summed E-state index contributed by atoms with van der Waals surface area (Å²) in [7, 11) is 0. The quantitative estimate of drug-likeness (QED) is 0.788. The normalized spacial score (nSPS) is 11.0. The van der Waals surface area contributed by atoms with Gasteiger partial charge in [0.05, 0.1) is 0 Å². The molecular weight excluding hydrogens is 269 g/mol. The topological polar surface area (TPSA) is 51.0 Å². The Hall–Kier alpha value is -2.43. The van der Waals surface area contributed by atoms with Crippen LogP contribution in [0.2, 0.25) is 0 Å². The predicted molar refractivity (Wildman–Crippen MR) is 80.8 cm³/mol. The summed E-state index contributed by atoms with van der Waals surface area (Å²) in [6.45, 7) is 6.73. The maximum absolute atomic E-state index is 13.7. The molecule has 21 heavy (non-hydrogen) atoms. The zero-order chi connectivity index (χ0) is 15.0. The van der Waals surface area contributed by atoms with Crippen LogP contribution in [0.3, 0.4) is 0 Å². The lowest BCUT2D eigenvalue weighted by Gasteiger charge is -2.10. The summed E-state index contributed by atoms with van der Waals surface area (Å²) in [5.41, 5.74) is 2.88. The van der Waals surface area contributed by atoms with Crippen molar-refractivity contribution in [1.82, 2.24) is 10.2 Å². The zero-order valence-corrected chi connectivity index (χ0v) is 12.2. The third-order valence-corrected chi connectivity index (χ3v) is 3.60. The Labute approximate surface area is 122 Å². The van der Waals surface area contributed by atoms with Gasteiger partial charge in [-0.25, -0.2) is 4.39 Å². The molecule has 5 heteroatoms. The van der Waals surface area contributed by atoms with E-state index in [2.05, 4.69) is 15.5 Å². The minimum atomic E-state index is -0.370. The molecule has 0 aliphatic heterocycles. The minimum absolute atomic E-state index is 0.252. The van der Waals surface area contributed by atoms with Gasteiger partial charge in [-0.2, -0.15) is 0 Å². The first kappa shape index (κ1) is 13.5. The molecule has 3 aromatic rings. The maximum atomic E-state index is 13.7. The number of para-hydroxylation sites is 1. The van der Waals surface area contributed by atoms with E-state index in [1.807, 2.05) is 26.8 Å². The molecule has 1 N–H and O–H groups in total. The Bertz CT molecular complexity index is 811. The van der Waals surface area contributed by atoms with E-state index < -0.39 is 0 Å². The van der Waals surface area contributed by atoms with Gasteiger partial charge in [0.25, 0.3) is 0 Å². The Balaban J connectivity index is 2.14. The molecule has 0 spiro atoms. The number of hydrogen-bond donors (Lipinski definition) is 1. The highest BCUT2D eigenvalue weighted by Crippen LogP contribution is 2.31. The Kier molecular flexibility index (Phi) is 3.33. The average molecular weight is 285 g/mol. The molecule has 0 atom stereocenters. The van der Waals surface area contributed by atoms with Crippen LogP contribution < -0.4 is 5.32 Å². The van der Waals surface area contributed by atoms with E-state index in [-0.39, 0.29) is 11.4 Å². The third-order valence-electron chi connectivity index (χ3n) is 3.60. The van der Waals surface area contributed by atoms with Crippen LogP contribution in [-0.4, -0.2) is 16.7 Å². The minimum Gasteiger partial charge on any atom is -0.451 e. The summed E-state index contributed by atoms with van der Waals surface area (Å²) in [6, 6.07) is 6.65. The van der Waals surface area contributed by atoms with Crippen molar-refractivity contribution in [3.8, 4) is 11.5 Å². The molecule has 0 saturated carbocycles. The number of aromatic nitrogens is 2. The fourth-order valence-electron chi connectivity index (χ4n) is 2.32. The molecule has 0 aliphatic carbocycles. The number of hydrogen-bond acceptors (Lipinski definition) is 4. The van der Waals surface area contributed by atoms with Crippen LogP contribution in [0.5, 0.6) is 0 Å². The average Bonchev–Trinajstić information content (AvgIpc) is 2.89. The Morgan fingerprint density at radius 3 is 2.71 bits per heavy atom. The molecule has 0 amide bonds. The van der Waals surface area contributed by atoms with Gasteiger partial charge in [0.2, 0.25) is 0 Å². The van der Waals surface area contributed by atoms with Crippen molar-refractivity contribution in [2.75, 3.05) is 11.9 Å². The number of nitrogens with zero attached hydrogens (tertiary/aromatic N) is 2. The fraction of sp³-hybridized carbons (Fsp3) is 0.250. The number of furan rings is 1. The van der Waals surface area contributed by atoms with E-state index in [9.17, 15) is 4.39 Å². The Morgan fingerprint density at radius 2 is 2.00 bits per heavy atom. The van der Waals surface area contributed by atoms with E-state index >= 15 is 0 Å². The van der Waals surface area contributed by atoms with Crippen molar-refractivity contribution in [2.45, 2.75) is 20.8 Å². The van der Waals surface area contributed by atoms with Gasteiger partial charge in [0.1, 0.15) is 5.69 Å². The summed E-state index contributed by atoms with van der Waals surface area (Å²) in [4.78, 5) is 0. The van der Waals surface area contributed by atoms with Crippen LogP contribution in [0.4, 0.5) is 10.2 Å². The molecular formula is C16H16FN3O. The van der Waals surface area contributed by atoms with E-state index in [0.29, 0.717) is 11.5 Å². The van der Waals surface area contributed by atoms with Crippen molar-refractivity contribution in [2.24, 2.45) is 0 Å². The lowest BCUT2D eigenvalue weighted by atomic mass is 10.1. The van der Waals surface area contributed by atoms with E-state index in [0.717, 1.165) is 28.9 Å². The molecule has 2 aromatic heterocycles. The van der Waals surface area contributed by atoms with Crippen molar-refractivity contribution in [3.05, 3.63) is 41.2 Å². The van der Waals surface area contributed by atoms with Crippen LogP contribution in [-0.2, 0) is 0 Å². The lowest BCUT2D eigenvalue weighted by Crippen LogP contribution is -2.05. The SMILES string of the molecule is CCNc1nnc(-c2cc3cccc(F)c3o2)c(C)c1C. The van der Waals surface area contributed by atoms with Gasteiger partial charge in [0.15, 0.2) is 23.0 Å². The first-order valence-corrected chi connectivity index (χ1v) is 6.88. The Morgan fingerprint density at radius 1 is 1.19 bits per heavy atom. The van der Waals surface area contributed by atoms with Gasteiger partial charge in [0, 0.05) is 11.9 Å². The van der Waals surface area contributed by atoms with Gasteiger partial charge in [-0.3, -0.25) is 0 Å². The molecule has 108 valence electrons. The highest BCUT2D eigenvalue weighted by atomic mass is 19.1. The fourth-order valence-corrected chi connectivity index (χ4v) is 2.32. The van der Waals surface area contributed by atoms with Crippen LogP contribution in [0.1, 0.15) is 18.1 Å². The summed E-state index contributed by atoms with van der Waals surface area (Å²) in [6.07, 6.45) is 0. The largest absolute Gasteiger partial charge is 0.451 e. The van der Waals surface area contributed by atoms with E-state index in [1.165, 1.54) is 6.07 Å². The second-order valence-corrected chi connectivity index (χ2v) is 4.95. The number of halogens is 1. The molecule has 3 rings (SSSR count). The van der Waals surface area contributed by atoms with Crippen molar-refractivity contribution in [1.29, 1.82) is 0 Å². The summed E-state index contributed by atoms with van der Waals surface area (Å²) in [5.74, 6) is 0.928. The van der Waals surface area contributed by atoms with Gasteiger partial charge in [-0.05, 0) is 44.0 Å². The first-order valence-electron chi connectivity index (χ1n) is 6.88. The smallest absolute Gasteiger partial charge is 0.170 e. The lowest BCUT2D eigenvalue weighted by molar-refractivity contribution is 0.566. The second-order valence-electron chi connectivity index (χ2n) is 4.95. The maximum Gasteiger partial charge on any atom is 0.170 e. The molecule has 0 aliphatic rings. The molecule has 0 fully saturated rings. The van der Waals surface area contributed by atoms with Crippen LogP contribution in [0.25, 0.3) is 22.4 Å². The van der Waals surface area contributed by atoms with Crippen molar-refractivity contribution >= 4 is 16.8 Å². The zero-order valence-electron chi connectivity index (χ0n) is 12.2. The van der Waals surface area contributed by atoms with Gasteiger partial charge < -0.3 is 9.73 Å². The van der Waals surface area contributed by atoms with Crippen LogP contribution in [0.15, 0.2) is 28.7 Å². The first-order chi connectivity index (χ1) is 10.1. The number of nitrogens with one attached hydrogen (secondary N) is 1. The summed E-state index contributed by atoms with van der Waals surface area (Å²) in [5, 5.41) is 12.3. The molecule has 0 radical (unpaired) electrons. The van der Waals surface area contributed by atoms with Crippen molar-refractivity contribution < 1.29 is 8.81 Å². The van der Waals surface area contributed by atoms with Gasteiger partial charge in [-0.1, -0.05) is 12.1 Å². The van der Waals surface area contributed by atoms with E-state index in [1.54, 1.807) is 12.1 Å². The number of rotatable bonds is 3. The van der Waals surface area contributed by atoms with Crippen LogP contribution >= 0.6 is 0 Å². The summed E-state index contributed by atoms with van der Waals surface area (Å²) < 4.78 is 19.3. The number of benzene rings is 1. The highest BCUT2D eigenvalue weighted by molar-refractivity contribution is 5.83. The standard InChI is InChI=1S/C16H16FN3O/c1-4-18-16-10(3)9(2)14(19-20-16)13-8-11-6-5-7-12(17)15(11)21-13/h5-8H,4H2,1-3H3,(H,18,20). The molecule has 1 aromatic carbocycles. The molecule has 2 heterocycles. The highest BCUT2D eigenvalue weighted by Gasteiger charge is 2.16. The van der Waals surface area contributed by atoms with Crippen molar-refractivity contribution in [3.63, 3.8) is 0 Å². The molecule has 4 nitrogen and oxygen atoms in total. The third kappa shape index (κ3) is 2.24. The molecule has 0 bridgehead atoms. The summed E-state index contributed by atoms with van der Waals surface area (Å²) >= 11 is 0. The van der Waals surface area contributed by atoms with Gasteiger partial charge >= 0.3 is 0 Å². The molecule has 0 saturated heterocycles. The number of anilines is 1. The monoisotopic (exact) mass is 285 g/mol. The van der Waals surface area contributed by atoms with E-state index in [4.69, 9.17) is 4.42 Å². The predicted octanol–water partition coefficient (Wildman–Crippen LogP) is 4.08. The molecule has 0 unspecified atom stereocenters. The second kappa shape index (κ2) is 5.16. The van der Waals surface area contributed by atoms with Crippen LogP contribution in [0, 0.1) is 19.7 Å². The number of fused-ring (bicyclic) bond motifs is 1. The van der Waals surface area contributed by atoms with Gasteiger partial charge in [-0.15, -0.1) is 10.2 Å².